The third kappa shape index (κ3) is 4.01. The molecule has 0 spiro atoms. The molecule has 0 fully saturated rings. The Morgan fingerprint density at radius 3 is 2.79 bits per heavy atom. The summed E-state index contributed by atoms with van der Waals surface area (Å²) in [5, 5.41) is 2.61. The maximum Gasteiger partial charge on any atom is 0.231 e. The first-order valence-corrected chi connectivity index (χ1v) is 5.19. The second-order valence-electron chi connectivity index (χ2n) is 2.58. The van der Waals surface area contributed by atoms with Crippen molar-refractivity contribution in [2.24, 2.45) is 0 Å². The summed E-state index contributed by atoms with van der Waals surface area (Å²) < 4.78 is 0. The van der Waals surface area contributed by atoms with Gasteiger partial charge in [0.1, 0.15) is 0 Å². The number of hydrogen-bond donors (Lipinski definition) is 1. The number of hydrogen-bond acceptors (Lipinski definition) is 2. The van der Waals surface area contributed by atoms with Crippen molar-refractivity contribution < 1.29 is 4.79 Å². The third-order valence-electron chi connectivity index (χ3n) is 1.50. The van der Waals surface area contributed by atoms with Crippen molar-refractivity contribution in [3.63, 3.8) is 0 Å². The lowest BCUT2D eigenvalue weighted by Gasteiger charge is -2.01. The minimum absolute atomic E-state index is 0.0307. The van der Waals surface area contributed by atoms with Gasteiger partial charge in [-0.3, -0.25) is 4.79 Å². The molecule has 1 rings (SSSR count). The van der Waals surface area contributed by atoms with Crippen LogP contribution in [-0.4, -0.2) is 18.2 Å². The molecule has 72 valence electrons. The van der Waals surface area contributed by atoms with Crippen molar-refractivity contribution in [3.05, 3.63) is 30.3 Å². The summed E-state index contributed by atoms with van der Waals surface area (Å²) >= 11 is 1.50. The summed E-state index contributed by atoms with van der Waals surface area (Å²) in [7, 11) is 0. The second kappa shape index (κ2) is 6.11. The number of carbonyl (C=O) groups is 1. The van der Waals surface area contributed by atoms with E-state index in [4.69, 9.17) is 6.42 Å². The summed E-state index contributed by atoms with van der Waals surface area (Å²) in [5.41, 5.74) is 0. The molecule has 1 amide bonds. The summed E-state index contributed by atoms with van der Waals surface area (Å²) in [4.78, 5) is 12.2. The Hall–Kier alpha value is -1.40. The summed E-state index contributed by atoms with van der Waals surface area (Å²) in [6, 6.07) is 9.78. The Labute approximate surface area is 88.1 Å². The molecular formula is C11H11NOS. The average Bonchev–Trinajstić information content (AvgIpc) is 2.25. The molecule has 1 N–H and O–H groups in total. The van der Waals surface area contributed by atoms with Crippen LogP contribution in [0.2, 0.25) is 0 Å². The molecule has 1 aromatic carbocycles. The number of rotatable bonds is 4. The molecule has 0 saturated heterocycles. The number of nitrogens with one attached hydrogen (secondary N) is 1. The molecule has 0 saturated carbocycles. The van der Waals surface area contributed by atoms with E-state index in [1.54, 1.807) is 0 Å². The Morgan fingerprint density at radius 1 is 1.43 bits per heavy atom. The summed E-state index contributed by atoms with van der Waals surface area (Å²) in [6.45, 7) is 0.300. The zero-order valence-corrected chi connectivity index (χ0v) is 8.51. The minimum Gasteiger partial charge on any atom is -0.344 e. The van der Waals surface area contributed by atoms with Crippen molar-refractivity contribution in [1.29, 1.82) is 0 Å². The first-order chi connectivity index (χ1) is 6.83. The minimum atomic E-state index is -0.0307. The highest BCUT2D eigenvalue weighted by atomic mass is 32.2. The van der Waals surface area contributed by atoms with Crippen molar-refractivity contribution >= 4 is 17.7 Å². The van der Waals surface area contributed by atoms with Gasteiger partial charge >= 0.3 is 0 Å². The fourth-order valence-corrected chi connectivity index (χ4v) is 1.62. The lowest BCUT2D eigenvalue weighted by atomic mass is 10.4. The zero-order valence-electron chi connectivity index (χ0n) is 7.69. The molecule has 1 aromatic rings. The largest absolute Gasteiger partial charge is 0.344 e. The van der Waals surface area contributed by atoms with Gasteiger partial charge in [0.2, 0.25) is 5.91 Å². The smallest absolute Gasteiger partial charge is 0.231 e. The molecule has 0 unspecified atom stereocenters. The summed E-state index contributed by atoms with van der Waals surface area (Å²) in [6.07, 6.45) is 5.01. The van der Waals surface area contributed by atoms with Crippen LogP contribution in [0.25, 0.3) is 0 Å². The molecule has 0 aliphatic carbocycles. The number of benzene rings is 1. The molecule has 0 aromatic heterocycles. The van der Waals surface area contributed by atoms with E-state index >= 15 is 0 Å². The maximum atomic E-state index is 11.1. The van der Waals surface area contributed by atoms with Crippen molar-refractivity contribution in [2.75, 3.05) is 12.3 Å². The van der Waals surface area contributed by atoms with Gasteiger partial charge in [-0.05, 0) is 12.1 Å². The van der Waals surface area contributed by atoms with Crippen LogP contribution in [0.1, 0.15) is 0 Å². The third-order valence-corrected chi connectivity index (χ3v) is 2.51. The number of carbonyl (C=O) groups excluding carboxylic acids is 1. The molecule has 0 bridgehead atoms. The molecule has 0 heterocycles. The first-order valence-electron chi connectivity index (χ1n) is 4.21. The molecular weight excluding hydrogens is 194 g/mol. The first kappa shape index (κ1) is 10.7. The van der Waals surface area contributed by atoms with Crippen LogP contribution in [0.5, 0.6) is 0 Å². The predicted octanol–water partition coefficient (Wildman–Crippen LogP) is 1.53. The summed E-state index contributed by atoms with van der Waals surface area (Å²) in [5.74, 6) is 2.73. The fourth-order valence-electron chi connectivity index (χ4n) is 0.866. The van der Waals surface area contributed by atoms with Gasteiger partial charge < -0.3 is 5.32 Å². The van der Waals surface area contributed by atoms with Crippen molar-refractivity contribution in [3.8, 4) is 12.3 Å². The average molecular weight is 205 g/mol. The van der Waals surface area contributed by atoms with Gasteiger partial charge in [0.25, 0.3) is 0 Å². The molecule has 0 atom stereocenters. The van der Waals surface area contributed by atoms with Gasteiger partial charge in [0, 0.05) is 4.90 Å². The van der Waals surface area contributed by atoms with E-state index < -0.39 is 0 Å². The SMILES string of the molecule is C#CCNC(=O)CSc1ccccc1. The van der Waals surface area contributed by atoms with E-state index in [0.29, 0.717) is 12.3 Å². The molecule has 0 aliphatic heterocycles. The van der Waals surface area contributed by atoms with E-state index in [0.717, 1.165) is 4.90 Å². The van der Waals surface area contributed by atoms with Crippen LogP contribution in [0.3, 0.4) is 0 Å². The quantitative estimate of drug-likeness (QED) is 0.596. The highest BCUT2D eigenvalue weighted by molar-refractivity contribution is 8.00. The van der Waals surface area contributed by atoms with Gasteiger partial charge in [-0.25, -0.2) is 0 Å². The van der Waals surface area contributed by atoms with Crippen LogP contribution >= 0.6 is 11.8 Å². The zero-order chi connectivity index (χ0) is 10.2. The topological polar surface area (TPSA) is 29.1 Å². The van der Waals surface area contributed by atoms with Crippen LogP contribution in [-0.2, 0) is 4.79 Å². The van der Waals surface area contributed by atoms with Gasteiger partial charge in [-0.1, -0.05) is 24.1 Å². The molecule has 14 heavy (non-hydrogen) atoms. The monoisotopic (exact) mass is 205 g/mol. The standard InChI is InChI=1S/C11H11NOS/c1-2-8-12-11(13)9-14-10-6-4-3-5-7-10/h1,3-7H,8-9H2,(H,12,13). The van der Waals surface area contributed by atoms with E-state index in [1.807, 2.05) is 30.3 Å². The van der Waals surface area contributed by atoms with Gasteiger partial charge in [-0.2, -0.15) is 0 Å². The van der Waals surface area contributed by atoms with Gasteiger partial charge in [0.05, 0.1) is 12.3 Å². The Kier molecular flexibility index (Phi) is 4.66. The predicted molar refractivity (Wildman–Crippen MR) is 59.0 cm³/mol. The lowest BCUT2D eigenvalue weighted by molar-refractivity contribution is -0.118. The van der Waals surface area contributed by atoms with Crippen LogP contribution < -0.4 is 5.32 Å². The normalized spacial score (nSPS) is 9.07. The number of thioether (sulfide) groups is 1. The second-order valence-corrected chi connectivity index (χ2v) is 3.63. The molecule has 0 radical (unpaired) electrons. The Bertz CT molecular complexity index is 329. The lowest BCUT2D eigenvalue weighted by Crippen LogP contribution is -2.25. The van der Waals surface area contributed by atoms with E-state index in [1.165, 1.54) is 11.8 Å². The van der Waals surface area contributed by atoms with Gasteiger partial charge in [-0.15, -0.1) is 18.2 Å². The van der Waals surface area contributed by atoms with E-state index in [2.05, 4.69) is 11.2 Å². The highest BCUT2D eigenvalue weighted by Gasteiger charge is 2.00. The molecule has 2 nitrogen and oxygen atoms in total. The maximum absolute atomic E-state index is 11.1. The van der Waals surface area contributed by atoms with E-state index in [9.17, 15) is 4.79 Å². The molecule has 3 heteroatoms. The van der Waals surface area contributed by atoms with Crippen LogP contribution in [0, 0.1) is 12.3 Å². The molecule has 0 aliphatic rings. The Morgan fingerprint density at radius 2 is 2.14 bits per heavy atom. The highest BCUT2D eigenvalue weighted by Crippen LogP contribution is 2.15. The van der Waals surface area contributed by atoms with Crippen LogP contribution in [0.4, 0.5) is 0 Å². The fraction of sp³-hybridized carbons (Fsp3) is 0.182. The Balaban J connectivity index is 2.28. The van der Waals surface area contributed by atoms with Crippen molar-refractivity contribution in [1.82, 2.24) is 5.32 Å². The van der Waals surface area contributed by atoms with E-state index in [-0.39, 0.29) is 5.91 Å². The van der Waals surface area contributed by atoms with Gasteiger partial charge in [0.15, 0.2) is 0 Å². The number of amides is 1. The van der Waals surface area contributed by atoms with Crippen molar-refractivity contribution in [2.45, 2.75) is 4.90 Å². The number of terminal acetylenes is 1. The van der Waals surface area contributed by atoms with Crippen LogP contribution in [0.15, 0.2) is 35.2 Å².